The molecule has 0 bridgehead atoms. The number of hydrogen-bond acceptors (Lipinski definition) is 6. The Labute approximate surface area is 151 Å². The Hall–Kier alpha value is -2.72. The molecule has 1 heterocycles. The predicted octanol–water partition coefficient (Wildman–Crippen LogP) is 0.990. The Balaban J connectivity index is 2.08. The smallest absolute Gasteiger partial charge is 0.251 e. The zero-order valence-electron chi connectivity index (χ0n) is 14.8. The molecule has 9 nitrogen and oxygen atoms in total. The molecular formula is C16H20N4O5S. The average Bonchev–Trinajstić information content (AvgIpc) is 2.99. The lowest BCUT2D eigenvalue weighted by atomic mass is 10.2. The highest BCUT2D eigenvalue weighted by atomic mass is 32.2. The minimum atomic E-state index is -3.66. The Kier molecular flexibility index (Phi) is 5.78. The van der Waals surface area contributed by atoms with Gasteiger partial charge >= 0.3 is 0 Å². The van der Waals surface area contributed by atoms with Crippen molar-refractivity contribution in [3.05, 3.63) is 41.7 Å². The summed E-state index contributed by atoms with van der Waals surface area (Å²) < 4.78 is 30.2. The van der Waals surface area contributed by atoms with Gasteiger partial charge in [0.2, 0.25) is 15.9 Å². The number of hydrogen-bond donors (Lipinski definition) is 2. The van der Waals surface area contributed by atoms with Gasteiger partial charge in [-0.2, -0.15) is 0 Å². The zero-order chi connectivity index (χ0) is 19.5. The number of benzene rings is 1. The van der Waals surface area contributed by atoms with Gasteiger partial charge < -0.3 is 15.2 Å². The summed E-state index contributed by atoms with van der Waals surface area (Å²) in [6.07, 6.45) is 0. The van der Waals surface area contributed by atoms with Crippen LogP contribution >= 0.6 is 0 Å². The highest BCUT2D eigenvalue weighted by molar-refractivity contribution is 7.89. The van der Waals surface area contributed by atoms with Gasteiger partial charge in [0.15, 0.2) is 5.82 Å². The van der Waals surface area contributed by atoms with Crippen LogP contribution < -0.4 is 10.6 Å². The highest BCUT2D eigenvalue weighted by Gasteiger charge is 2.21. The van der Waals surface area contributed by atoms with Crippen molar-refractivity contribution in [2.75, 3.05) is 19.4 Å². The molecular weight excluding hydrogens is 360 g/mol. The van der Waals surface area contributed by atoms with E-state index in [0.29, 0.717) is 5.76 Å². The van der Waals surface area contributed by atoms with Crippen molar-refractivity contribution in [2.45, 2.75) is 24.8 Å². The van der Waals surface area contributed by atoms with Gasteiger partial charge in [0.1, 0.15) is 11.8 Å². The van der Waals surface area contributed by atoms with Gasteiger partial charge in [-0.15, -0.1) is 0 Å². The van der Waals surface area contributed by atoms with E-state index in [0.717, 1.165) is 4.31 Å². The lowest BCUT2D eigenvalue weighted by Crippen LogP contribution is -2.41. The van der Waals surface area contributed by atoms with Crippen LogP contribution in [0.25, 0.3) is 0 Å². The largest absolute Gasteiger partial charge is 0.360 e. The van der Waals surface area contributed by atoms with E-state index in [1.165, 1.54) is 45.3 Å². The molecule has 0 aliphatic carbocycles. The monoisotopic (exact) mass is 380 g/mol. The second-order valence-corrected chi connectivity index (χ2v) is 7.97. The van der Waals surface area contributed by atoms with E-state index in [1.807, 2.05) is 0 Å². The van der Waals surface area contributed by atoms with Crippen LogP contribution in [0.5, 0.6) is 0 Å². The number of anilines is 1. The van der Waals surface area contributed by atoms with Crippen LogP contribution in [0.1, 0.15) is 23.0 Å². The lowest BCUT2D eigenvalue weighted by Gasteiger charge is -2.14. The van der Waals surface area contributed by atoms with Crippen LogP contribution in [0.4, 0.5) is 5.82 Å². The van der Waals surface area contributed by atoms with Gasteiger partial charge in [0, 0.05) is 25.7 Å². The third kappa shape index (κ3) is 4.46. The molecule has 140 valence electrons. The Bertz CT molecular complexity index is 920. The summed E-state index contributed by atoms with van der Waals surface area (Å²) in [5, 5.41) is 8.66. The second-order valence-electron chi connectivity index (χ2n) is 5.82. The fourth-order valence-electron chi connectivity index (χ4n) is 2.01. The molecule has 1 atom stereocenters. The predicted molar refractivity (Wildman–Crippen MR) is 94.1 cm³/mol. The van der Waals surface area contributed by atoms with Crippen LogP contribution in [0.2, 0.25) is 0 Å². The van der Waals surface area contributed by atoms with Crippen LogP contribution in [0.15, 0.2) is 39.8 Å². The molecule has 2 N–H and O–H groups in total. The summed E-state index contributed by atoms with van der Waals surface area (Å²) in [4.78, 5) is 24.4. The molecule has 2 aromatic rings. The van der Waals surface area contributed by atoms with Gasteiger partial charge in [0.05, 0.1) is 4.90 Å². The molecule has 2 amide bonds. The van der Waals surface area contributed by atoms with Gasteiger partial charge in [-0.05, 0) is 32.0 Å². The Morgan fingerprint density at radius 2 is 1.92 bits per heavy atom. The SMILES string of the molecule is Cc1cc(NC(=O)[C@@H](C)NC(=O)c2cccc(S(=O)(=O)N(C)C)c2)no1. The fraction of sp³-hybridized carbons (Fsp3) is 0.312. The van der Waals surface area contributed by atoms with E-state index in [-0.39, 0.29) is 16.3 Å². The van der Waals surface area contributed by atoms with Crippen molar-refractivity contribution in [3.8, 4) is 0 Å². The van der Waals surface area contributed by atoms with E-state index in [9.17, 15) is 18.0 Å². The van der Waals surface area contributed by atoms with Crippen LogP contribution in [-0.2, 0) is 14.8 Å². The first-order valence-electron chi connectivity index (χ1n) is 7.69. The third-order valence-electron chi connectivity index (χ3n) is 3.49. The average molecular weight is 380 g/mol. The zero-order valence-corrected chi connectivity index (χ0v) is 15.6. The van der Waals surface area contributed by atoms with Crippen molar-refractivity contribution in [3.63, 3.8) is 0 Å². The minimum Gasteiger partial charge on any atom is -0.360 e. The molecule has 0 saturated carbocycles. The van der Waals surface area contributed by atoms with Gasteiger partial charge in [-0.3, -0.25) is 9.59 Å². The molecule has 1 aromatic carbocycles. The van der Waals surface area contributed by atoms with E-state index < -0.39 is 27.9 Å². The molecule has 0 fully saturated rings. The number of amides is 2. The maximum absolute atomic E-state index is 12.3. The van der Waals surface area contributed by atoms with E-state index in [4.69, 9.17) is 4.52 Å². The lowest BCUT2D eigenvalue weighted by molar-refractivity contribution is -0.117. The fourth-order valence-corrected chi connectivity index (χ4v) is 2.96. The number of rotatable bonds is 6. The first-order valence-corrected chi connectivity index (χ1v) is 9.13. The first-order chi connectivity index (χ1) is 12.1. The van der Waals surface area contributed by atoms with Crippen LogP contribution in [-0.4, -0.2) is 49.8 Å². The summed E-state index contributed by atoms with van der Waals surface area (Å²) in [5.74, 6) is -0.271. The maximum Gasteiger partial charge on any atom is 0.251 e. The summed E-state index contributed by atoms with van der Waals surface area (Å²) in [6.45, 7) is 3.18. The van der Waals surface area contributed by atoms with Crippen LogP contribution in [0.3, 0.4) is 0 Å². The molecule has 0 aliphatic rings. The van der Waals surface area contributed by atoms with Crippen molar-refractivity contribution < 1.29 is 22.5 Å². The Morgan fingerprint density at radius 1 is 1.23 bits per heavy atom. The first kappa shape index (κ1) is 19.6. The van der Waals surface area contributed by atoms with Gasteiger partial charge in [0.25, 0.3) is 5.91 Å². The number of nitrogens with one attached hydrogen (secondary N) is 2. The number of sulfonamides is 1. The molecule has 26 heavy (non-hydrogen) atoms. The van der Waals surface area contributed by atoms with Crippen molar-refractivity contribution in [1.29, 1.82) is 0 Å². The number of aromatic nitrogens is 1. The normalized spacial score (nSPS) is 12.7. The van der Waals surface area contributed by atoms with Crippen molar-refractivity contribution in [1.82, 2.24) is 14.8 Å². The quantitative estimate of drug-likeness (QED) is 0.771. The second kappa shape index (κ2) is 7.67. The summed E-state index contributed by atoms with van der Waals surface area (Å²) in [7, 11) is -0.855. The Morgan fingerprint density at radius 3 is 2.50 bits per heavy atom. The van der Waals surface area contributed by atoms with Crippen molar-refractivity contribution in [2.24, 2.45) is 0 Å². The number of nitrogens with zero attached hydrogens (tertiary/aromatic N) is 2. The number of carbonyl (C=O) groups is 2. The molecule has 0 saturated heterocycles. The molecule has 0 aliphatic heterocycles. The maximum atomic E-state index is 12.3. The molecule has 0 radical (unpaired) electrons. The molecule has 2 rings (SSSR count). The standard InChI is InChI=1S/C16H20N4O5S/c1-10-8-14(19-25-10)18-15(21)11(2)17-16(22)12-6-5-7-13(9-12)26(23,24)20(3)4/h5-9,11H,1-4H3,(H,17,22)(H,18,19,21)/t11-/m1/s1. The minimum absolute atomic E-state index is 0.00896. The summed E-state index contributed by atoms with van der Waals surface area (Å²) in [5.41, 5.74) is 0.129. The molecule has 10 heteroatoms. The van der Waals surface area contributed by atoms with Crippen LogP contribution in [0, 0.1) is 6.92 Å². The summed E-state index contributed by atoms with van der Waals surface area (Å²) in [6, 6.07) is 6.27. The molecule has 0 unspecified atom stereocenters. The topological polar surface area (TPSA) is 122 Å². The number of carbonyl (C=O) groups excluding carboxylic acids is 2. The van der Waals surface area contributed by atoms with Gasteiger partial charge in [-0.25, -0.2) is 12.7 Å². The van der Waals surface area contributed by atoms with Gasteiger partial charge in [-0.1, -0.05) is 11.2 Å². The molecule has 0 spiro atoms. The van der Waals surface area contributed by atoms with E-state index in [2.05, 4.69) is 15.8 Å². The van der Waals surface area contributed by atoms with E-state index in [1.54, 1.807) is 13.0 Å². The molecule has 1 aromatic heterocycles. The third-order valence-corrected chi connectivity index (χ3v) is 5.31. The highest BCUT2D eigenvalue weighted by Crippen LogP contribution is 2.15. The number of aryl methyl sites for hydroxylation is 1. The van der Waals surface area contributed by atoms with E-state index >= 15 is 0 Å². The van der Waals surface area contributed by atoms with Crippen molar-refractivity contribution >= 4 is 27.7 Å². The summed E-state index contributed by atoms with van der Waals surface area (Å²) >= 11 is 0.